The fourth-order valence-corrected chi connectivity index (χ4v) is 14.6. The molecule has 0 aliphatic rings. The Hall–Kier alpha value is -13.5. The maximum atomic E-state index is 6.01. The van der Waals surface area contributed by atoms with Crippen LogP contribution in [-0.2, 0) is 35.2 Å². The summed E-state index contributed by atoms with van der Waals surface area (Å²) >= 11 is 0. The van der Waals surface area contributed by atoms with Crippen molar-refractivity contribution < 1.29 is 44.9 Å². The summed E-state index contributed by atoms with van der Waals surface area (Å²) in [6.07, 6.45) is 15.4. The minimum atomic E-state index is 0.630. The third kappa shape index (κ3) is 13.1. The van der Waals surface area contributed by atoms with E-state index in [-0.39, 0.29) is 0 Å². The molecule has 16 heteroatoms. The number of nitrogens with zero attached hydrogens (tertiary/aromatic N) is 11. The van der Waals surface area contributed by atoms with Gasteiger partial charge in [-0.25, -0.2) is 52.7 Å². The molecule has 0 fully saturated rings. The Morgan fingerprint density at radius 1 is 0.269 bits per heavy atom. The van der Waals surface area contributed by atoms with Gasteiger partial charge >= 0.3 is 0 Å². The van der Waals surface area contributed by atoms with E-state index in [9.17, 15) is 0 Å². The lowest BCUT2D eigenvalue weighted by molar-refractivity contribution is -0.660. The molecule has 16 nitrogen and oxygen atoms in total. The molecule has 0 atom stereocenters. The Kier molecular flexibility index (Phi) is 18.2. The first-order chi connectivity index (χ1) is 52.4. The lowest BCUT2D eigenvalue weighted by Crippen LogP contribution is -2.30. The molecule has 0 unspecified atom stereocenters. The third-order valence-electron chi connectivity index (χ3n) is 20.2. The number of aromatic nitrogens is 11. The first kappa shape index (κ1) is 68.9. The van der Waals surface area contributed by atoms with Crippen molar-refractivity contribution >= 4 is 110 Å². The van der Waals surface area contributed by atoms with Crippen molar-refractivity contribution in [3.05, 3.63) is 295 Å². The number of pyridine rings is 9. The van der Waals surface area contributed by atoms with Gasteiger partial charge in [-0.1, -0.05) is 12.1 Å². The first-order valence-electron chi connectivity index (χ1n) is 36.0. The van der Waals surface area contributed by atoms with E-state index < -0.39 is 0 Å². The smallest absolute Gasteiger partial charge is 0.230 e. The Labute approximate surface area is 623 Å². The van der Waals surface area contributed by atoms with E-state index in [0.717, 1.165) is 110 Å². The molecule has 0 spiro atoms. The van der Waals surface area contributed by atoms with Gasteiger partial charge in [0.05, 0.1) is 27.6 Å². The van der Waals surface area contributed by atoms with E-state index in [2.05, 4.69) is 280 Å². The van der Waals surface area contributed by atoms with E-state index in [0.29, 0.717) is 28.6 Å². The summed E-state index contributed by atoms with van der Waals surface area (Å²) in [5.74, 6) is 0. The minimum absolute atomic E-state index is 0.630. The van der Waals surface area contributed by atoms with Gasteiger partial charge < -0.3 is 22.1 Å². The van der Waals surface area contributed by atoms with Crippen LogP contribution < -0.4 is 22.8 Å². The zero-order valence-corrected chi connectivity index (χ0v) is 62.6. The van der Waals surface area contributed by atoms with Crippen molar-refractivity contribution in [2.45, 2.75) is 55.4 Å². The maximum Gasteiger partial charge on any atom is 0.230 e. The summed E-state index contributed by atoms with van der Waals surface area (Å²) < 4.78 is 40.4. The molecule has 15 heterocycles. The van der Waals surface area contributed by atoms with Crippen LogP contribution in [0.15, 0.2) is 272 Å². The molecular weight excluding hydrogens is 1340 g/mol. The van der Waals surface area contributed by atoms with E-state index >= 15 is 0 Å². The van der Waals surface area contributed by atoms with Crippen LogP contribution in [0.5, 0.6) is 0 Å². The fourth-order valence-electron chi connectivity index (χ4n) is 14.6. The fraction of sp³-hybridized carbons (Fsp3) is 0.141. The lowest BCUT2D eigenvalue weighted by atomic mass is 10.0. The normalized spacial score (nSPS) is 11.4. The number of hydrogen-bond acceptors (Lipinski definition) is 11. The molecule has 528 valence electrons. The minimum Gasteiger partial charge on any atom is -0.438 e. The highest BCUT2D eigenvalue weighted by Crippen LogP contribution is 2.39. The summed E-state index contributed by atoms with van der Waals surface area (Å²) in [5, 5.41) is 10.8. The molecule has 0 amide bonds. The van der Waals surface area contributed by atoms with Crippen LogP contribution in [0.2, 0.25) is 0 Å². The van der Waals surface area contributed by atoms with Crippen LogP contribution in [0.3, 0.4) is 0 Å². The average molecular weight is 1420 g/mol. The first-order valence-corrected chi connectivity index (χ1v) is 36.0. The van der Waals surface area contributed by atoms with Gasteiger partial charge in [-0.05, 0) is 211 Å². The highest BCUT2D eigenvalue weighted by Gasteiger charge is 2.24. The molecule has 0 aliphatic carbocycles. The van der Waals surface area contributed by atoms with Gasteiger partial charge in [0.15, 0.2) is 36.6 Å². The molecule has 0 aliphatic heterocycles. The highest BCUT2D eigenvalue weighted by atomic mass is 16.4. The van der Waals surface area contributed by atoms with Gasteiger partial charge in [-0.15, -0.1) is 0 Å². The topological polar surface area (TPSA) is 162 Å². The largest absolute Gasteiger partial charge is 0.438 e. The van der Waals surface area contributed by atoms with Crippen molar-refractivity contribution in [2.24, 2.45) is 35.2 Å². The third-order valence-corrected chi connectivity index (χ3v) is 20.2. The molecule has 108 heavy (non-hydrogen) atoms. The zero-order chi connectivity index (χ0) is 74.6. The SMILES string of the molecule is Cc1cc2c(cc1-c1cccc[n+]1C)oc1ncccc12.Cc1ccc2c(n1)oc1cc(-c3cccc[n+]3C)c(C)cc12.Cc1ccc2c(n1)oc1cc(-c3cccc[n+]3C)c(C)cc12.Cc1ccc2c(n1)oc1cc(C)c(-c3cccc[n+]3C)cc12.Cc1ccc2c(oc3ncncc32)c1-c1cccc[n+]1C. The number of fused-ring (bicyclic) bond motifs is 15. The molecule has 0 bridgehead atoms. The molecule has 20 rings (SSSR count). The summed E-state index contributed by atoms with van der Waals surface area (Å²) in [5.41, 5.74) is 28.6. The van der Waals surface area contributed by atoms with Crippen molar-refractivity contribution in [3.63, 3.8) is 0 Å². The molecule has 0 N–H and O–H groups in total. The molecule has 0 saturated heterocycles. The van der Waals surface area contributed by atoms with E-state index in [1.165, 1.54) is 79.2 Å². The molecule has 15 aromatic heterocycles. The Balaban J connectivity index is 0.000000103. The molecule has 5 aromatic carbocycles. The Morgan fingerprint density at radius 3 is 1.05 bits per heavy atom. The lowest BCUT2D eigenvalue weighted by Gasteiger charge is -2.04. The number of rotatable bonds is 5. The van der Waals surface area contributed by atoms with E-state index in [1.54, 1.807) is 12.4 Å². The summed E-state index contributed by atoms with van der Waals surface area (Å²) in [4.78, 5) is 26.1. The summed E-state index contributed by atoms with van der Waals surface area (Å²) in [6, 6.07) is 68.8. The number of hydrogen-bond donors (Lipinski definition) is 0. The molecule has 0 radical (unpaired) electrons. The number of benzene rings is 5. The van der Waals surface area contributed by atoms with Gasteiger partial charge in [-0.3, -0.25) is 0 Å². The highest BCUT2D eigenvalue weighted by molar-refractivity contribution is 6.10. The van der Waals surface area contributed by atoms with Gasteiger partial charge in [0.25, 0.3) is 0 Å². The zero-order valence-electron chi connectivity index (χ0n) is 62.6. The van der Waals surface area contributed by atoms with Crippen LogP contribution in [0.1, 0.15) is 44.9 Å². The molecular formula is C92H80N11O5+5. The predicted molar refractivity (Wildman–Crippen MR) is 426 cm³/mol. The summed E-state index contributed by atoms with van der Waals surface area (Å²) in [7, 11) is 10.3. The van der Waals surface area contributed by atoms with Crippen LogP contribution >= 0.6 is 0 Å². The van der Waals surface area contributed by atoms with Crippen molar-refractivity contribution in [1.82, 2.24) is 29.9 Å². The van der Waals surface area contributed by atoms with Crippen molar-refractivity contribution in [3.8, 4) is 56.3 Å². The van der Waals surface area contributed by atoms with Gasteiger partial charge in [0.2, 0.25) is 57.0 Å². The van der Waals surface area contributed by atoms with Crippen LogP contribution in [-0.4, -0.2) is 29.9 Å². The maximum absolute atomic E-state index is 6.01. The second-order valence-corrected chi connectivity index (χ2v) is 27.8. The monoisotopic (exact) mass is 1420 g/mol. The second-order valence-electron chi connectivity index (χ2n) is 27.8. The van der Waals surface area contributed by atoms with Crippen molar-refractivity contribution in [1.29, 1.82) is 0 Å². The van der Waals surface area contributed by atoms with Gasteiger partial charge in [0.1, 0.15) is 63.9 Å². The van der Waals surface area contributed by atoms with Crippen molar-refractivity contribution in [2.75, 3.05) is 0 Å². The second kappa shape index (κ2) is 28.5. The predicted octanol–water partition coefficient (Wildman–Crippen LogP) is 19.2. The number of furan rings is 5. The van der Waals surface area contributed by atoms with Crippen LogP contribution in [0.25, 0.3) is 167 Å². The van der Waals surface area contributed by atoms with E-state index in [1.807, 2.05) is 94.7 Å². The van der Waals surface area contributed by atoms with Gasteiger partial charge in [0, 0.05) is 144 Å². The molecule has 20 aromatic rings. The van der Waals surface area contributed by atoms with E-state index in [4.69, 9.17) is 22.1 Å². The van der Waals surface area contributed by atoms with Crippen LogP contribution in [0, 0.1) is 55.4 Å². The van der Waals surface area contributed by atoms with Gasteiger partial charge in [-0.2, -0.15) is 0 Å². The average Bonchev–Trinajstić information content (AvgIpc) is 1.62. The molecule has 0 saturated carbocycles. The number of aryl methyl sites for hydroxylation is 13. The standard InChI is InChI=1S/3C19H17N2O.C18H15N2O.C17H14N3O/c1-12-10-18-16(14-8-7-13(2)20-19(14)22-18)11-15(12)17-6-4-5-9-21(17)3;2*1-12-10-16-14-8-7-13(2)20-19(14)22-18(16)11-15(12)17-6-4-5-9-21(17)3;1-12-10-15-13-6-5-8-19-18(13)21-17(15)11-14(12)16-7-3-4-9-20(16)2;1-11-6-7-12-13-9-18-10-19-17(13)21-16(12)15(11)14-5-3-4-8-20(14)2/h3*4-11H,1-3H3;3-11H,1-2H3;3-10H,1-2H3/q5*+1. The Morgan fingerprint density at radius 2 is 0.620 bits per heavy atom. The quantitative estimate of drug-likeness (QED) is 0.151. The van der Waals surface area contributed by atoms with Crippen LogP contribution in [0.4, 0.5) is 0 Å². The summed E-state index contributed by atoms with van der Waals surface area (Å²) in [6.45, 7) is 16.6. The Bertz CT molecular complexity index is 6720.